The van der Waals surface area contributed by atoms with Crippen LogP contribution in [0.3, 0.4) is 0 Å². The highest BCUT2D eigenvalue weighted by atomic mass is 79.9. The lowest BCUT2D eigenvalue weighted by atomic mass is 10.0. The first-order valence-electron chi connectivity index (χ1n) is 6.47. The average Bonchev–Trinajstić information content (AvgIpc) is 2.58. The Morgan fingerprint density at radius 3 is 2.56 bits per heavy atom. The molecule has 18 heavy (non-hydrogen) atoms. The number of fused-ring (bicyclic) bond motifs is 2. The third-order valence-electron chi connectivity index (χ3n) is 4.25. The fraction of sp³-hybridized carbons (Fsp3) is 0.571. The molecule has 0 radical (unpaired) electrons. The molecule has 98 valence electrons. The molecule has 4 heteroatoms. The van der Waals surface area contributed by atoms with Crippen LogP contribution in [0.1, 0.15) is 25.7 Å². The summed E-state index contributed by atoms with van der Waals surface area (Å²) in [6.45, 7) is 0. The Hall–Kier alpha value is -0.250. The minimum absolute atomic E-state index is 0.343. The zero-order valence-corrected chi connectivity index (χ0v) is 12.7. The van der Waals surface area contributed by atoms with Gasteiger partial charge in [0.1, 0.15) is 11.9 Å². The number of hydrogen-bond acceptors (Lipinski definition) is 2. The van der Waals surface area contributed by atoms with Crippen LogP contribution in [0.25, 0.3) is 0 Å². The minimum atomic E-state index is 0.343. The Bertz CT molecular complexity index is 439. The Balaban J connectivity index is 1.68. The van der Waals surface area contributed by atoms with E-state index in [1.165, 1.54) is 12.8 Å². The molecule has 0 amide bonds. The molecule has 0 N–H and O–H groups in total. The van der Waals surface area contributed by atoms with Gasteiger partial charge in [-0.25, -0.2) is 0 Å². The summed E-state index contributed by atoms with van der Waals surface area (Å²) < 4.78 is 7.00. The van der Waals surface area contributed by atoms with Crippen molar-refractivity contribution in [2.24, 2.45) is 0 Å². The normalized spacial score (nSPS) is 31.6. The molecule has 2 nitrogen and oxygen atoms in total. The van der Waals surface area contributed by atoms with Gasteiger partial charge in [0.15, 0.2) is 0 Å². The maximum Gasteiger partial charge on any atom is 0.121 e. The van der Waals surface area contributed by atoms with Crippen LogP contribution in [-0.2, 0) is 0 Å². The molecular weight excluding hydrogens is 314 g/mol. The lowest BCUT2D eigenvalue weighted by Gasteiger charge is -2.36. The van der Waals surface area contributed by atoms with Gasteiger partial charge in [0, 0.05) is 16.6 Å². The number of ether oxygens (including phenoxy) is 1. The Labute approximate surface area is 121 Å². The second-order valence-corrected chi connectivity index (χ2v) is 6.60. The monoisotopic (exact) mass is 329 g/mol. The van der Waals surface area contributed by atoms with Crippen molar-refractivity contribution in [1.82, 2.24) is 4.90 Å². The maximum absolute atomic E-state index is 6.09. The predicted molar refractivity (Wildman–Crippen MR) is 77.4 cm³/mol. The van der Waals surface area contributed by atoms with Gasteiger partial charge in [0.25, 0.3) is 0 Å². The summed E-state index contributed by atoms with van der Waals surface area (Å²) >= 11 is 9.49. The number of piperidine rings is 1. The van der Waals surface area contributed by atoms with Crippen LogP contribution in [0, 0.1) is 0 Å². The van der Waals surface area contributed by atoms with E-state index in [1.807, 2.05) is 18.2 Å². The number of benzene rings is 1. The van der Waals surface area contributed by atoms with Crippen molar-refractivity contribution in [3.63, 3.8) is 0 Å². The smallest absolute Gasteiger partial charge is 0.121 e. The highest BCUT2D eigenvalue weighted by Gasteiger charge is 2.39. The van der Waals surface area contributed by atoms with Gasteiger partial charge in [-0.1, -0.05) is 11.6 Å². The Morgan fingerprint density at radius 2 is 1.94 bits per heavy atom. The van der Waals surface area contributed by atoms with Crippen molar-refractivity contribution >= 4 is 27.5 Å². The SMILES string of the molecule is CN1[C@@H]2CC[C@H]1CC(Oc1ccc(Br)c(Cl)c1)C2. The number of nitrogens with zero attached hydrogens (tertiary/aromatic N) is 1. The minimum Gasteiger partial charge on any atom is -0.490 e. The maximum atomic E-state index is 6.09. The number of rotatable bonds is 2. The first-order chi connectivity index (χ1) is 8.63. The summed E-state index contributed by atoms with van der Waals surface area (Å²) in [5, 5.41) is 0.711. The lowest BCUT2D eigenvalue weighted by Crippen LogP contribution is -2.43. The van der Waals surface area contributed by atoms with Crippen molar-refractivity contribution in [2.45, 2.75) is 43.9 Å². The van der Waals surface area contributed by atoms with Crippen LogP contribution in [0.5, 0.6) is 5.75 Å². The summed E-state index contributed by atoms with van der Waals surface area (Å²) in [5.74, 6) is 0.886. The van der Waals surface area contributed by atoms with E-state index >= 15 is 0 Å². The fourth-order valence-corrected chi connectivity index (χ4v) is 3.62. The second kappa shape index (κ2) is 5.03. The molecule has 0 saturated carbocycles. The molecule has 2 saturated heterocycles. The zero-order chi connectivity index (χ0) is 12.7. The van der Waals surface area contributed by atoms with Gasteiger partial charge in [-0.2, -0.15) is 0 Å². The quantitative estimate of drug-likeness (QED) is 0.809. The van der Waals surface area contributed by atoms with Crippen LogP contribution in [-0.4, -0.2) is 30.1 Å². The summed E-state index contributed by atoms with van der Waals surface area (Å²) in [5.41, 5.74) is 0. The van der Waals surface area contributed by atoms with Gasteiger partial charge in [-0.15, -0.1) is 0 Å². The highest BCUT2D eigenvalue weighted by molar-refractivity contribution is 9.10. The topological polar surface area (TPSA) is 12.5 Å². The van der Waals surface area contributed by atoms with Crippen molar-refractivity contribution in [3.05, 3.63) is 27.7 Å². The first-order valence-corrected chi connectivity index (χ1v) is 7.64. The van der Waals surface area contributed by atoms with E-state index < -0.39 is 0 Å². The standard InChI is InChI=1S/C14H17BrClNO/c1-17-9-2-3-10(17)7-12(6-9)18-11-4-5-13(15)14(16)8-11/h4-5,8-10,12H,2-3,6-7H2,1H3/t9-,10+,12?. The van der Waals surface area contributed by atoms with E-state index in [4.69, 9.17) is 16.3 Å². The van der Waals surface area contributed by atoms with Crippen molar-refractivity contribution in [1.29, 1.82) is 0 Å². The molecule has 0 aromatic heterocycles. The summed E-state index contributed by atoms with van der Waals surface area (Å²) in [4.78, 5) is 2.52. The van der Waals surface area contributed by atoms with E-state index in [2.05, 4.69) is 27.9 Å². The van der Waals surface area contributed by atoms with E-state index in [1.54, 1.807) is 0 Å². The molecule has 0 spiro atoms. The van der Waals surface area contributed by atoms with Crippen molar-refractivity contribution in [3.8, 4) is 5.75 Å². The van der Waals surface area contributed by atoms with E-state index in [0.29, 0.717) is 23.2 Å². The molecule has 2 heterocycles. The fourth-order valence-electron chi connectivity index (χ4n) is 3.20. The van der Waals surface area contributed by atoms with Gasteiger partial charge >= 0.3 is 0 Å². The third kappa shape index (κ3) is 2.40. The molecule has 1 unspecified atom stereocenters. The Morgan fingerprint density at radius 1 is 1.28 bits per heavy atom. The van der Waals surface area contributed by atoms with Crippen LogP contribution in [0.2, 0.25) is 5.02 Å². The molecule has 1 aromatic rings. The molecule has 2 fully saturated rings. The third-order valence-corrected chi connectivity index (χ3v) is 5.48. The molecular formula is C14H17BrClNO. The molecule has 2 bridgehead atoms. The molecule has 2 aliphatic rings. The van der Waals surface area contributed by atoms with E-state index in [-0.39, 0.29) is 0 Å². The van der Waals surface area contributed by atoms with Gasteiger partial charge in [0.2, 0.25) is 0 Å². The van der Waals surface area contributed by atoms with Gasteiger partial charge < -0.3 is 9.64 Å². The number of hydrogen-bond donors (Lipinski definition) is 0. The van der Waals surface area contributed by atoms with Gasteiger partial charge in [-0.05, 0) is 66.9 Å². The Kier molecular flexibility index (Phi) is 3.57. The van der Waals surface area contributed by atoms with Crippen molar-refractivity contribution in [2.75, 3.05) is 7.05 Å². The molecule has 1 aromatic carbocycles. The zero-order valence-electron chi connectivity index (χ0n) is 10.4. The second-order valence-electron chi connectivity index (χ2n) is 5.34. The van der Waals surface area contributed by atoms with E-state index in [9.17, 15) is 0 Å². The van der Waals surface area contributed by atoms with Gasteiger partial charge in [-0.3, -0.25) is 0 Å². The lowest BCUT2D eigenvalue weighted by molar-refractivity contribution is 0.0662. The number of halogens is 2. The van der Waals surface area contributed by atoms with Crippen molar-refractivity contribution < 1.29 is 4.74 Å². The van der Waals surface area contributed by atoms with Crippen LogP contribution >= 0.6 is 27.5 Å². The molecule has 0 aliphatic carbocycles. The summed E-state index contributed by atoms with van der Waals surface area (Å²) in [6, 6.07) is 7.24. The predicted octanol–water partition coefficient (Wildman–Crippen LogP) is 4.11. The van der Waals surface area contributed by atoms with Crippen LogP contribution < -0.4 is 4.74 Å². The first kappa shape index (κ1) is 12.8. The van der Waals surface area contributed by atoms with Gasteiger partial charge in [0.05, 0.1) is 5.02 Å². The van der Waals surface area contributed by atoms with Crippen LogP contribution in [0.4, 0.5) is 0 Å². The largest absolute Gasteiger partial charge is 0.490 e. The van der Waals surface area contributed by atoms with Crippen LogP contribution in [0.15, 0.2) is 22.7 Å². The molecule has 3 rings (SSSR count). The summed E-state index contributed by atoms with van der Waals surface area (Å²) in [7, 11) is 2.25. The highest BCUT2D eigenvalue weighted by Crippen LogP contribution is 2.36. The average molecular weight is 331 g/mol. The molecule has 2 aliphatic heterocycles. The van der Waals surface area contributed by atoms with E-state index in [0.717, 1.165) is 23.1 Å². The molecule has 3 atom stereocenters. The summed E-state index contributed by atoms with van der Waals surface area (Å²) in [6.07, 6.45) is 5.27.